The van der Waals surface area contributed by atoms with E-state index in [2.05, 4.69) is 0 Å². The summed E-state index contributed by atoms with van der Waals surface area (Å²) in [6.45, 7) is 5.55. The van der Waals surface area contributed by atoms with Gasteiger partial charge in [-0.2, -0.15) is 0 Å². The summed E-state index contributed by atoms with van der Waals surface area (Å²) in [4.78, 5) is 27.9. The third kappa shape index (κ3) is 2.50. The van der Waals surface area contributed by atoms with Crippen molar-refractivity contribution in [3.63, 3.8) is 0 Å². The van der Waals surface area contributed by atoms with Crippen molar-refractivity contribution in [1.82, 2.24) is 9.80 Å². The second-order valence-electron chi connectivity index (χ2n) is 6.72. The lowest BCUT2D eigenvalue weighted by atomic mass is 9.94. The number of nitrogens with zero attached hydrogens (tertiary/aromatic N) is 2. The molecule has 5 atom stereocenters. The first kappa shape index (κ1) is 14.6. The van der Waals surface area contributed by atoms with Gasteiger partial charge in [0.1, 0.15) is 6.04 Å². The molecule has 3 aliphatic rings. The molecule has 1 aliphatic carbocycles. The molecule has 21 heavy (non-hydrogen) atoms. The maximum absolute atomic E-state index is 12.8. The second kappa shape index (κ2) is 5.48. The number of hydrogen-bond donors (Lipinski definition) is 1. The van der Waals surface area contributed by atoms with E-state index in [1.165, 1.54) is 0 Å². The number of aliphatic carboxylic acids is 1. The second-order valence-corrected chi connectivity index (χ2v) is 6.72. The topological polar surface area (TPSA) is 70.1 Å². The third-order valence-electron chi connectivity index (χ3n) is 5.24. The summed E-state index contributed by atoms with van der Waals surface area (Å²) in [7, 11) is 0. The van der Waals surface area contributed by atoms with Gasteiger partial charge in [-0.25, -0.2) is 9.59 Å². The molecule has 0 aromatic heterocycles. The van der Waals surface area contributed by atoms with E-state index in [9.17, 15) is 14.7 Å². The summed E-state index contributed by atoms with van der Waals surface area (Å²) < 4.78 is 5.55. The summed E-state index contributed by atoms with van der Waals surface area (Å²) in [5.41, 5.74) is 0. The Morgan fingerprint density at radius 1 is 1.14 bits per heavy atom. The fraction of sp³-hybridized carbons (Fsp3) is 0.867. The van der Waals surface area contributed by atoms with Gasteiger partial charge in [0, 0.05) is 13.1 Å². The van der Waals surface area contributed by atoms with Crippen LogP contribution < -0.4 is 0 Å². The van der Waals surface area contributed by atoms with Crippen LogP contribution >= 0.6 is 0 Å². The molecule has 2 aliphatic heterocycles. The first-order chi connectivity index (χ1) is 9.99. The lowest BCUT2D eigenvalue weighted by Crippen LogP contribution is -2.57. The zero-order valence-corrected chi connectivity index (χ0v) is 12.7. The molecule has 6 nitrogen and oxygen atoms in total. The van der Waals surface area contributed by atoms with E-state index in [1.807, 2.05) is 13.8 Å². The first-order valence-electron chi connectivity index (χ1n) is 7.90. The quantitative estimate of drug-likeness (QED) is 0.794. The molecule has 0 bridgehead atoms. The lowest BCUT2D eigenvalue weighted by Gasteiger charge is -2.40. The molecule has 0 radical (unpaired) electrons. The van der Waals surface area contributed by atoms with Gasteiger partial charge in [0.2, 0.25) is 0 Å². The van der Waals surface area contributed by atoms with Crippen LogP contribution in [0.15, 0.2) is 0 Å². The van der Waals surface area contributed by atoms with E-state index < -0.39 is 12.0 Å². The van der Waals surface area contributed by atoms with Gasteiger partial charge in [0.05, 0.1) is 18.8 Å². The standard InChI is InChI=1S/C15H24N2O4/c1-9-8-21-10(2)6-16(9)15(20)17-7-11-4-3-5-12(11)13(17)14(18)19/h9-13H,3-8H2,1-2H3,(H,18,19). The van der Waals surface area contributed by atoms with Crippen molar-refractivity contribution in [2.75, 3.05) is 19.7 Å². The molecular weight excluding hydrogens is 272 g/mol. The van der Waals surface area contributed by atoms with E-state index in [-0.39, 0.29) is 24.1 Å². The number of hydrogen-bond acceptors (Lipinski definition) is 3. The molecule has 0 spiro atoms. The van der Waals surface area contributed by atoms with E-state index in [4.69, 9.17) is 4.74 Å². The van der Waals surface area contributed by atoms with Crippen molar-refractivity contribution in [3.8, 4) is 0 Å². The highest BCUT2D eigenvalue weighted by Gasteiger charge is 2.51. The first-order valence-corrected chi connectivity index (χ1v) is 7.90. The summed E-state index contributed by atoms with van der Waals surface area (Å²) >= 11 is 0. The number of carbonyl (C=O) groups excluding carboxylic acids is 1. The minimum absolute atomic E-state index is 0.00332. The average Bonchev–Trinajstić information content (AvgIpc) is 3.00. The molecule has 0 aromatic rings. The Hall–Kier alpha value is -1.30. The number of morpholine rings is 1. The Labute approximate surface area is 125 Å². The average molecular weight is 296 g/mol. The molecule has 0 aromatic carbocycles. The minimum atomic E-state index is -0.855. The number of carboxylic acid groups (broad SMARTS) is 1. The maximum atomic E-state index is 12.8. The zero-order chi connectivity index (χ0) is 15.1. The number of amides is 2. The molecule has 5 unspecified atom stereocenters. The van der Waals surface area contributed by atoms with Gasteiger partial charge in [-0.1, -0.05) is 6.42 Å². The van der Waals surface area contributed by atoms with Crippen molar-refractivity contribution >= 4 is 12.0 Å². The van der Waals surface area contributed by atoms with Crippen LogP contribution in [0.25, 0.3) is 0 Å². The Morgan fingerprint density at radius 3 is 2.62 bits per heavy atom. The van der Waals surface area contributed by atoms with Gasteiger partial charge in [-0.05, 0) is 38.5 Å². The van der Waals surface area contributed by atoms with Crippen LogP contribution in [-0.2, 0) is 9.53 Å². The number of fused-ring (bicyclic) bond motifs is 1. The summed E-state index contributed by atoms with van der Waals surface area (Å²) in [5.74, 6) is -0.351. The minimum Gasteiger partial charge on any atom is -0.480 e. The lowest BCUT2D eigenvalue weighted by molar-refractivity contribution is -0.143. The van der Waals surface area contributed by atoms with E-state index in [1.54, 1.807) is 9.80 Å². The molecular formula is C15H24N2O4. The fourth-order valence-corrected chi connectivity index (χ4v) is 4.15. The van der Waals surface area contributed by atoms with Gasteiger partial charge in [-0.15, -0.1) is 0 Å². The Bertz CT molecular complexity index is 441. The Kier molecular flexibility index (Phi) is 3.82. The molecule has 2 heterocycles. The van der Waals surface area contributed by atoms with Crippen molar-refractivity contribution in [1.29, 1.82) is 0 Å². The highest BCUT2D eigenvalue weighted by Crippen LogP contribution is 2.42. The summed E-state index contributed by atoms with van der Waals surface area (Å²) in [6, 6.07) is -0.765. The third-order valence-corrected chi connectivity index (χ3v) is 5.24. The molecule has 2 saturated heterocycles. The highest BCUT2D eigenvalue weighted by molar-refractivity contribution is 5.84. The van der Waals surface area contributed by atoms with Crippen LogP contribution in [0.3, 0.4) is 0 Å². The number of rotatable bonds is 1. The molecule has 2 amide bonds. The number of ether oxygens (including phenoxy) is 1. The molecule has 6 heteroatoms. The van der Waals surface area contributed by atoms with E-state index in [0.29, 0.717) is 25.6 Å². The fourth-order valence-electron chi connectivity index (χ4n) is 4.15. The van der Waals surface area contributed by atoms with Crippen LogP contribution in [0.1, 0.15) is 33.1 Å². The smallest absolute Gasteiger partial charge is 0.326 e. The molecule has 1 N–H and O–H groups in total. The van der Waals surface area contributed by atoms with Gasteiger partial charge < -0.3 is 19.6 Å². The zero-order valence-electron chi connectivity index (χ0n) is 12.7. The summed E-state index contributed by atoms with van der Waals surface area (Å²) in [6.07, 6.45) is 3.08. The predicted octanol–water partition coefficient (Wildman–Crippen LogP) is 1.40. The van der Waals surface area contributed by atoms with E-state index >= 15 is 0 Å². The van der Waals surface area contributed by atoms with Gasteiger partial charge >= 0.3 is 12.0 Å². The van der Waals surface area contributed by atoms with Crippen LogP contribution in [0, 0.1) is 11.8 Å². The SMILES string of the molecule is CC1CN(C(=O)N2CC3CCCC3C2C(=O)O)C(C)CO1. The van der Waals surface area contributed by atoms with Crippen molar-refractivity contribution in [3.05, 3.63) is 0 Å². The van der Waals surface area contributed by atoms with Crippen molar-refractivity contribution < 1.29 is 19.4 Å². The largest absolute Gasteiger partial charge is 0.480 e. The molecule has 3 fully saturated rings. The van der Waals surface area contributed by atoms with Crippen molar-refractivity contribution in [2.45, 2.75) is 51.3 Å². The molecule has 1 saturated carbocycles. The predicted molar refractivity (Wildman–Crippen MR) is 75.9 cm³/mol. The van der Waals surface area contributed by atoms with Crippen LogP contribution in [-0.4, -0.2) is 64.8 Å². The maximum Gasteiger partial charge on any atom is 0.326 e. The number of carboxylic acids is 1. The van der Waals surface area contributed by atoms with E-state index in [0.717, 1.165) is 19.3 Å². The highest BCUT2D eigenvalue weighted by atomic mass is 16.5. The van der Waals surface area contributed by atoms with Crippen molar-refractivity contribution in [2.24, 2.45) is 11.8 Å². The molecule has 3 rings (SSSR count). The van der Waals surface area contributed by atoms with Gasteiger partial charge in [0.25, 0.3) is 0 Å². The monoisotopic (exact) mass is 296 g/mol. The Balaban J connectivity index is 1.78. The number of likely N-dealkylation sites (tertiary alicyclic amines) is 1. The van der Waals surface area contributed by atoms with Crippen LogP contribution in [0.5, 0.6) is 0 Å². The number of urea groups is 1. The Morgan fingerprint density at radius 2 is 1.90 bits per heavy atom. The van der Waals surface area contributed by atoms with Gasteiger partial charge in [-0.3, -0.25) is 0 Å². The number of carbonyl (C=O) groups is 2. The van der Waals surface area contributed by atoms with Gasteiger partial charge in [0.15, 0.2) is 0 Å². The summed E-state index contributed by atoms with van der Waals surface area (Å²) in [5, 5.41) is 9.56. The normalized spacial score (nSPS) is 39.4. The van der Waals surface area contributed by atoms with Crippen LogP contribution in [0.2, 0.25) is 0 Å². The molecule has 118 valence electrons. The van der Waals surface area contributed by atoms with Crippen LogP contribution in [0.4, 0.5) is 4.79 Å².